The zero-order valence-electron chi connectivity index (χ0n) is 10.9. The summed E-state index contributed by atoms with van der Waals surface area (Å²) in [7, 11) is 0. The third kappa shape index (κ3) is 2.73. The molecule has 0 aliphatic rings. The van der Waals surface area contributed by atoms with E-state index in [1.54, 1.807) is 18.2 Å². The maximum atomic E-state index is 12.0. The zero-order valence-corrected chi connectivity index (χ0v) is 12.5. The molecule has 0 aliphatic carbocycles. The first-order chi connectivity index (χ1) is 10.1. The molecule has 0 bridgehead atoms. The minimum Gasteiger partial charge on any atom is -0.507 e. The van der Waals surface area contributed by atoms with E-state index >= 15 is 0 Å². The lowest BCUT2D eigenvalue weighted by atomic mass is 10.1. The van der Waals surface area contributed by atoms with E-state index in [0.29, 0.717) is 16.6 Å². The third-order valence-corrected chi connectivity index (χ3v) is 3.74. The Hall–Kier alpha value is -2.40. The number of hydrogen-bond donors (Lipinski definition) is 2. The molecule has 2 aromatic carbocycles. The number of rotatable bonds is 2. The summed E-state index contributed by atoms with van der Waals surface area (Å²) in [5, 5.41) is 10.2. The predicted molar refractivity (Wildman–Crippen MR) is 87.0 cm³/mol. The Morgan fingerprint density at radius 2 is 1.86 bits per heavy atom. The van der Waals surface area contributed by atoms with Crippen molar-refractivity contribution in [3.05, 3.63) is 74.6 Å². The fourth-order valence-electron chi connectivity index (χ4n) is 2.02. The van der Waals surface area contributed by atoms with Gasteiger partial charge in [-0.1, -0.05) is 46.3 Å². The number of nitrogens with zero attached hydrogens (tertiary/aromatic N) is 1. The van der Waals surface area contributed by atoms with Crippen LogP contribution in [0.1, 0.15) is 11.3 Å². The van der Waals surface area contributed by atoms with Crippen molar-refractivity contribution in [2.75, 3.05) is 0 Å². The first kappa shape index (κ1) is 13.6. The van der Waals surface area contributed by atoms with Gasteiger partial charge in [0, 0.05) is 16.1 Å². The van der Waals surface area contributed by atoms with Crippen molar-refractivity contribution >= 4 is 38.8 Å². The summed E-state index contributed by atoms with van der Waals surface area (Å²) < 4.78 is 0.746. The van der Waals surface area contributed by atoms with Gasteiger partial charge in [-0.3, -0.25) is 4.79 Å². The van der Waals surface area contributed by atoms with Crippen LogP contribution < -0.4 is 5.56 Å². The number of aliphatic hydroxyl groups excluding tert-OH is 1. The molecular formula is C16H11BrN2O2. The quantitative estimate of drug-likeness (QED) is 0.697. The summed E-state index contributed by atoms with van der Waals surface area (Å²) in [6, 6.07) is 14.5. The van der Waals surface area contributed by atoms with Gasteiger partial charge in [-0.15, -0.1) is 0 Å². The molecule has 2 N–H and O–H groups in total. The SMILES string of the molecule is O=c1[nH]c2ccccc2nc1/C=C(\O)c1ccccc1Br. The first-order valence-electron chi connectivity index (χ1n) is 6.30. The second-order valence-corrected chi connectivity index (χ2v) is 5.33. The van der Waals surface area contributed by atoms with Crippen molar-refractivity contribution in [3.8, 4) is 0 Å². The molecule has 5 heteroatoms. The van der Waals surface area contributed by atoms with Crippen molar-refractivity contribution in [2.45, 2.75) is 0 Å². The summed E-state index contributed by atoms with van der Waals surface area (Å²) in [5.41, 5.74) is 1.77. The molecule has 3 rings (SSSR count). The zero-order chi connectivity index (χ0) is 14.8. The molecule has 0 atom stereocenters. The van der Waals surface area contributed by atoms with Crippen LogP contribution in [0.2, 0.25) is 0 Å². The fourth-order valence-corrected chi connectivity index (χ4v) is 2.51. The van der Waals surface area contributed by atoms with E-state index < -0.39 is 0 Å². The minimum absolute atomic E-state index is 0.0178. The highest BCUT2D eigenvalue weighted by molar-refractivity contribution is 9.10. The number of para-hydroxylation sites is 2. The Morgan fingerprint density at radius 3 is 2.67 bits per heavy atom. The fraction of sp³-hybridized carbons (Fsp3) is 0. The molecule has 3 aromatic rings. The van der Waals surface area contributed by atoms with E-state index in [9.17, 15) is 9.90 Å². The van der Waals surface area contributed by atoms with Gasteiger partial charge in [0.1, 0.15) is 11.5 Å². The molecule has 1 aromatic heterocycles. The van der Waals surface area contributed by atoms with Gasteiger partial charge in [0.05, 0.1) is 11.0 Å². The van der Waals surface area contributed by atoms with Crippen molar-refractivity contribution in [1.82, 2.24) is 9.97 Å². The summed E-state index contributed by atoms with van der Waals surface area (Å²) in [6.45, 7) is 0. The molecule has 21 heavy (non-hydrogen) atoms. The highest BCUT2D eigenvalue weighted by Gasteiger charge is 2.07. The second-order valence-electron chi connectivity index (χ2n) is 4.48. The van der Waals surface area contributed by atoms with E-state index in [-0.39, 0.29) is 17.0 Å². The maximum absolute atomic E-state index is 12.0. The second kappa shape index (κ2) is 5.54. The topological polar surface area (TPSA) is 66.0 Å². The van der Waals surface area contributed by atoms with Gasteiger partial charge < -0.3 is 10.1 Å². The van der Waals surface area contributed by atoms with E-state index in [4.69, 9.17) is 0 Å². The maximum Gasteiger partial charge on any atom is 0.274 e. The molecule has 0 radical (unpaired) electrons. The van der Waals surface area contributed by atoms with Crippen molar-refractivity contribution in [1.29, 1.82) is 0 Å². The molecule has 0 saturated heterocycles. The first-order valence-corrected chi connectivity index (χ1v) is 7.09. The number of H-pyrrole nitrogens is 1. The highest BCUT2D eigenvalue weighted by Crippen LogP contribution is 2.23. The predicted octanol–water partition coefficient (Wildman–Crippen LogP) is 3.74. The van der Waals surface area contributed by atoms with Crippen molar-refractivity contribution in [3.63, 3.8) is 0 Å². The van der Waals surface area contributed by atoms with Crippen molar-refractivity contribution < 1.29 is 5.11 Å². The summed E-state index contributed by atoms with van der Waals surface area (Å²) >= 11 is 3.36. The van der Waals surface area contributed by atoms with Crippen LogP contribution in [0.5, 0.6) is 0 Å². The van der Waals surface area contributed by atoms with Gasteiger partial charge in [-0.25, -0.2) is 4.98 Å². The number of hydrogen-bond acceptors (Lipinski definition) is 3. The van der Waals surface area contributed by atoms with E-state index in [2.05, 4.69) is 25.9 Å². The molecule has 4 nitrogen and oxygen atoms in total. The van der Waals surface area contributed by atoms with Crippen LogP contribution in [0.15, 0.2) is 57.8 Å². The lowest BCUT2D eigenvalue weighted by Crippen LogP contribution is -2.12. The molecule has 0 fully saturated rings. The average molecular weight is 343 g/mol. The van der Waals surface area contributed by atoms with Crippen LogP contribution in [0.25, 0.3) is 22.9 Å². The van der Waals surface area contributed by atoms with E-state index in [1.165, 1.54) is 6.08 Å². The molecule has 0 aliphatic heterocycles. The number of benzene rings is 2. The Labute approximate surface area is 128 Å². The van der Waals surface area contributed by atoms with Crippen LogP contribution in [0, 0.1) is 0 Å². The van der Waals surface area contributed by atoms with Gasteiger partial charge >= 0.3 is 0 Å². The summed E-state index contributed by atoms with van der Waals surface area (Å²) in [4.78, 5) is 19.0. The van der Waals surface area contributed by atoms with Gasteiger partial charge in [0.15, 0.2) is 0 Å². The molecule has 104 valence electrons. The molecular weight excluding hydrogens is 332 g/mol. The smallest absolute Gasteiger partial charge is 0.274 e. The normalized spacial score (nSPS) is 11.8. The van der Waals surface area contributed by atoms with Gasteiger partial charge in [-0.05, 0) is 18.2 Å². The highest BCUT2D eigenvalue weighted by atomic mass is 79.9. The lowest BCUT2D eigenvalue weighted by Gasteiger charge is -2.03. The summed E-state index contributed by atoms with van der Waals surface area (Å²) in [6.07, 6.45) is 1.37. The van der Waals surface area contributed by atoms with Gasteiger partial charge in [0.2, 0.25) is 0 Å². The monoisotopic (exact) mass is 342 g/mol. The van der Waals surface area contributed by atoms with E-state index in [1.807, 2.05) is 30.3 Å². The number of fused-ring (bicyclic) bond motifs is 1. The number of halogens is 1. The van der Waals surface area contributed by atoms with E-state index in [0.717, 1.165) is 4.47 Å². The lowest BCUT2D eigenvalue weighted by molar-refractivity contribution is 0.515. The van der Waals surface area contributed by atoms with Crippen LogP contribution in [0.4, 0.5) is 0 Å². The Morgan fingerprint density at radius 1 is 1.14 bits per heavy atom. The van der Waals surface area contributed by atoms with Crippen LogP contribution in [-0.2, 0) is 0 Å². The molecule has 0 saturated carbocycles. The van der Waals surface area contributed by atoms with Crippen LogP contribution in [0.3, 0.4) is 0 Å². The average Bonchev–Trinajstić information content (AvgIpc) is 2.48. The largest absolute Gasteiger partial charge is 0.507 e. The molecule has 0 spiro atoms. The Balaban J connectivity index is 2.13. The Kier molecular flexibility index (Phi) is 3.58. The standard InChI is InChI=1S/C16H11BrN2O2/c17-11-6-2-1-5-10(11)15(20)9-14-16(21)19-13-8-4-3-7-12(13)18-14/h1-9,20H,(H,19,21)/b15-9-. The van der Waals surface area contributed by atoms with Gasteiger partial charge in [-0.2, -0.15) is 0 Å². The minimum atomic E-state index is -0.340. The van der Waals surface area contributed by atoms with Gasteiger partial charge in [0.25, 0.3) is 5.56 Å². The number of nitrogens with one attached hydrogen (secondary N) is 1. The summed E-state index contributed by atoms with van der Waals surface area (Å²) in [5.74, 6) is -0.0178. The number of aromatic nitrogens is 2. The van der Waals surface area contributed by atoms with Crippen LogP contribution in [-0.4, -0.2) is 15.1 Å². The molecule has 0 unspecified atom stereocenters. The Bertz CT molecular complexity index is 900. The number of aromatic amines is 1. The molecule has 0 amide bonds. The number of aliphatic hydroxyl groups is 1. The van der Waals surface area contributed by atoms with Crippen LogP contribution >= 0.6 is 15.9 Å². The van der Waals surface area contributed by atoms with Crippen molar-refractivity contribution in [2.24, 2.45) is 0 Å². The third-order valence-electron chi connectivity index (χ3n) is 3.05. The molecule has 1 heterocycles.